The average Bonchev–Trinajstić information content (AvgIpc) is 2.52. The number of hydrogen-bond acceptors (Lipinski definition) is 8. The van der Waals surface area contributed by atoms with Crippen molar-refractivity contribution in [3.63, 3.8) is 0 Å². The molecule has 1 aromatic carbocycles. The van der Waals surface area contributed by atoms with E-state index in [-0.39, 0.29) is 18.1 Å². The molecule has 0 aliphatic rings. The molecule has 0 atom stereocenters. The fourth-order valence-corrected chi connectivity index (χ4v) is 1.82. The van der Waals surface area contributed by atoms with Crippen LogP contribution in [0.15, 0.2) is 6.07 Å². The molecule has 120 valence electrons. The lowest BCUT2D eigenvalue weighted by Crippen LogP contribution is -2.17. The van der Waals surface area contributed by atoms with Crippen LogP contribution in [0.2, 0.25) is 0 Å². The van der Waals surface area contributed by atoms with Crippen LogP contribution in [-0.2, 0) is 9.47 Å². The van der Waals surface area contributed by atoms with Gasteiger partial charge in [0.05, 0.1) is 38.9 Å². The Morgan fingerprint density at radius 3 is 2.09 bits per heavy atom. The van der Waals surface area contributed by atoms with Crippen LogP contribution in [0.25, 0.3) is 0 Å². The van der Waals surface area contributed by atoms with Crippen molar-refractivity contribution >= 4 is 17.6 Å². The van der Waals surface area contributed by atoms with Crippen LogP contribution in [0.3, 0.4) is 0 Å². The van der Waals surface area contributed by atoms with Gasteiger partial charge in [-0.05, 0) is 6.92 Å². The highest BCUT2D eigenvalue weighted by Gasteiger charge is 2.35. The number of methoxy groups -OCH3 is 3. The Bertz CT molecular complexity index is 611. The molecule has 1 aromatic rings. The summed E-state index contributed by atoms with van der Waals surface area (Å²) >= 11 is 0. The summed E-state index contributed by atoms with van der Waals surface area (Å²) in [4.78, 5) is 34.3. The molecule has 9 nitrogen and oxygen atoms in total. The van der Waals surface area contributed by atoms with Gasteiger partial charge in [0, 0.05) is 0 Å². The van der Waals surface area contributed by atoms with E-state index in [1.807, 2.05) is 0 Å². The van der Waals surface area contributed by atoms with Gasteiger partial charge in [-0.15, -0.1) is 0 Å². The average molecular weight is 313 g/mol. The van der Waals surface area contributed by atoms with E-state index in [9.17, 15) is 19.7 Å². The van der Waals surface area contributed by atoms with Gasteiger partial charge in [-0.25, -0.2) is 9.59 Å². The third-order valence-corrected chi connectivity index (χ3v) is 2.71. The highest BCUT2D eigenvalue weighted by Crippen LogP contribution is 2.40. The van der Waals surface area contributed by atoms with Crippen LogP contribution >= 0.6 is 0 Å². The maximum Gasteiger partial charge on any atom is 0.345 e. The number of rotatable bonds is 6. The lowest BCUT2D eigenvalue weighted by atomic mass is 10.0. The molecule has 0 unspecified atom stereocenters. The van der Waals surface area contributed by atoms with E-state index in [2.05, 4.69) is 9.47 Å². The van der Waals surface area contributed by atoms with Crippen molar-refractivity contribution in [2.45, 2.75) is 6.92 Å². The highest BCUT2D eigenvalue weighted by molar-refractivity contribution is 6.08. The van der Waals surface area contributed by atoms with Gasteiger partial charge >= 0.3 is 11.9 Å². The van der Waals surface area contributed by atoms with Crippen molar-refractivity contribution in [2.75, 3.05) is 27.9 Å². The van der Waals surface area contributed by atoms with Gasteiger partial charge in [0.15, 0.2) is 17.1 Å². The Labute approximate surface area is 125 Å². The minimum Gasteiger partial charge on any atom is -0.493 e. The maximum atomic E-state index is 12.0. The summed E-state index contributed by atoms with van der Waals surface area (Å²) in [5, 5.41) is 11.2. The number of hydrogen-bond donors (Lipinski definition) is 0. The molecule has 0 aliphatic heterocycles. The summed E-state index contributed by atoms with van der Waals surface area (Å²) in [5.41, 5.74) is -1.61. The van der Waals surface area contributed by atoms with Crippen molar-refractivity contribution in [1.82, 2.24) is 0 Å². The van der Waals surface area contributed by atoms with Crippen molar-refractivity contribution in [3.8, 4) is 11.5 Å². The smallest absolute Gasteiger partial charge is 0.345 e. The summed E-state index contributed by atoms with van der Waals surface area (Å²) in [6.45, 7) is 1.78. The van der Waals surface area contributed by atoms with Crippen molar-refractivity contribution in [3.05, 3.63) is 27.3 Å². The van der Waals surface area contributed by atoms with E-state index in [1.165, 1.54) is 7.11 Å². The van der Waals surface area contributed by atoms with E-state index in [0.717, 1.165) is 20.3 Å². The third-order valence-electron chi connectivity index (χ3n) is 2.71. The van der Waals surface area contributed by atoms with Crippen molar-refractivity contribution in [2.24, 2.45) is 0 Å². The van der Waals surface area contributed by atoms with E-state index < -0.39 is 33.7 Å². The lowest BCUT2D eigenvalue weighted by molar-refractivity contribution is -0.385. The lowest BCUT2D eigenvalue weighted by Gasteiger charge is -2.15. The molecule has 0 radical (unpaired) electrons. The van der Waals surface area contributed by atoms with E-state index >= 15 is 0 Å². The first-order valence-corrected chi connectivity index (χ1v) is 6.11. The number of nitro benzene ring substituents is 1. The zero-order valence-electron chi connectivity index (χ0n) is 12.5. The molecule has 0 saturated heterocycles. The molecular formula is C13H15NO8. The minimum atomic E-state index is -1.06. The molecule has 0 bridgehead atoms. The Balaban J connectivity index is 3.89. The molecule has 0 aromatic heterocycles. The fourth-order valence-electron chi connectivity index (χ4n) is 1.82. The van der Waals surface area contributed by atoms with Crippen LogP contribution in [0.5, 0.6) is 11.5 Å². The maximum absolute atomic E-state index is 12.0. The predicted molar refractivity (Wildman–Crippen MR) is 73.5 cm³/mol. The topological polar surface area (TPSA) is 114 Å². The SMILES string of the molecule is CCOc1c(OC)cc([N+](=O)[O-])c(C(=O)OC)c1C(=O)OC. The molecule has 0 amide bonds. The molecule has 0 fully saturated rings. The Kier molecular flexibility index (Phi) is 5.67. The molecule has 22 heavy (non-hydrogen) atoms. The number of benzene rings is 1. The highest BCUT2D eigenvalue weighted by atomic mass is 16.6. The number of carbonyl (C=O) groups is 2. The van der Waals surface area contributed by atoms with Gasteiger partial charge in [0.25, 0.3) is 5.69 Å². The third kappa shape index (κ3) is 3.08. The van der Waals surface area contributed by atoms with Crippen LogP contribution in [0.1, 0.15) is 27.6 Å². The fraction of sp³-hybridized carbons (Fsp3) is 0.385. The summed E-state index contributed by atoms with van der Waals surface area (Å²) in [6.07, 6.45) is 0. The molecule has 9 heteroatoms. The number of ether oxygens (including phenoxy) is 4. The molecule has 0 spiro atoms. The monoisotopic (exact) mass is 313 g/mol. The second-order valence-corrected chi connectivity index (χ2v) is 3.85. The number of esters is 2. The van der Waals surface area contributed by atoms with Crippen LogP contribution < -0.4 is 9.47 Å². The van der Waals surface area contributed by atoms with E-state index in [1.54, 1.807) is 6.92 Å². The first kappa shape index (κ1) is 17.2. The zero-order valence-corrected chi connectivity index (χ0v) is 12.5. The van der Waals surface area contributed by atoms with Crippen molar-refractivity contribution < 1.29 is 33.5 Å². The Morgan fingerprint density at radius 2 is 1.68 bits per heavy atom. The van der Waals surface area contributed by atoms with E-state index in [4.69, 9.17) is 9.47 Å². The first-order valence-electron chi connectivity index (χ1n) is 6.11. The Morgan fingerprint density at radius 1 is 1.14 bits per heavy atom. The summed E-state index contributed by atoms with van der Waals surface area (Å²) in [7, 11) is 3.36. The van der Waals surface area contributed by atoms with E-state index in [0.29, 0.717) is 0 Å². The van der Waals surface area contributed by atoms with Crippen molar-refractivity contribution in [1.29, 1.82) is 0 Å². The van der Waals surface area contributed by atoms with Crippen LogP contribution in [0.4, 0.5) is 5.69 Å². The normalized spacial score (nSPS) is 9.82. The van der Waals surface area contributed by atoms with Gasteiger partial charge in [-0.1, -0.05) is 0 Å². The predicted octanol–water partition coefficient (Wildman–Crippen LogP) is 1.58. The van der Waals surface area contributed by atoms with Gasteiger partial charge < -0.3 is 18.9 Å². The summed E-state index contributed by atoms with van der Waals surface area (Å²) < 4.78 is 19.4. The molecule has 0 heterocycles. The molecule has 1 rings (SSSR count). The Hall–Kier alpha value is -2.84. The van der Waals surface area contributed by atoms with Crippen LogP contribution in [-0.4, -0.2) is 44.8 Å². The molecular weight excluding hydrogens is 298 g/mol. The molecule has 0 N–H and O–H groups in total. The first-order chi connectivity index (χ1) is 10.4. The quantitative estimate of drug-likeness (QED) is 0.441. The van der Waals surface area contributed by atoms with Gasteiger partial charge in [-0.3, -0.25) is 10.1 Å². The minimum absolute atomic E-state index is 0.0680. The number of carbonyl (C=O) groups excluding carboxylic acids is 2. The summed E-state index contributed by atoms with van der Waals surface area (Å²) in [6, 6.07) is 0.990. The molecule has 0 saturated carbocycles. The standard InChI is InChI=1S/C13H15NO8/c1-5-22-11-8(19-2)6-7(14(17)18)9(12(15)20-3)10(11)13(16)21-4/h6H,5H2,1-4H3. The van der Waals surface area contributed by atoms with Gasteiger partial charge in [0.1, 0.15) is 5.56 Å². The second-order valence-electron chi connectivity index (χ2n) is 3.85. The second kappa shape index (κ2) is 7.25. The van der Waals surface area contributed by atoms with Crippen LogP contribution in [0, 0.1) is 10.1 Å². The number of nitro groups is 1. The van der Waals surface area contributed by atoms with Gasteiger partial charge in [-0.2, -0.15) is 0 Å². The molecule has 0 aliphatic carbocycles. The summed E-state index contributed by atoms with van der Waals surface area (Å²) in [5.74, 6) is -2.23. The zero-order chi connectivity index (χ0) is 16.9. The number of nitrogens with zero attached hydrogens (tertiary/aromatic N) is 1. The van der Waals surface area contributed by atoms with Gasteiger partial charge in [0.2, 0.25) is 0 Å². The largest absolute Gasteiger partial charge is 0.493 e.